The van der Waals surface area contributed by atoms with E-state index in [1.54, 1.807) is 7.11 Å². The molecule has 1 amide bonds. The number of rotatable bonds is 11. The van der Waals surface area contributed by atoms with E-state index in [-0.39, 0.29) is 17.8 Å². The number of carbonyl (C=O) groups is 1. The molecular formula is C26H34N4O3S. The highest BCUT2D eigenvalue weighted by molar-refractivity contribution is 7.99. The van der Waals surface area contributed by atoms with E-state index in [1.165, 1.54) is 17.3 Å². The molecule has 34 heavy (non-hydrogen) atoms. The van der Waals surface area contributed by atoms with E-state index < -0.39 is 0 Å². The molecule has 2 aromatic carbocycles. The fraction of sp³-hybridized carbons (Fsp3) is 0.423. The van der Waals surface area contributed by atoms with E-state index >= 15 is 0 Å². The third-order valence-corrected chi connectivity index (χ3v) is 6.17. The lowest BCUT2D eigenvalue weighted by molar-refractivity contribution is -0.113. The largest absolute Gasteiger partial charge is 0.497 e. The van der Waals surface area contributed by atoms with Crippen molar-refractivity contribution in [2.24, 2.45) is 5.92 Å². The molecule has 0 aliphatic rings. The average molecular weight is 483 g/mol. The van der Waals surface area contributed by atoms with Gasteiger partial charge in [0.1, 0.15) is 11.5 Å². The molecule has 0 aliphatic carbocycles. The number of aromatic nitrogens is 3. The smallest absolute Gasteiger partial charge is 0.234 e. The number of carbonyl (C=O) groups excluding carboxylic acids is 1. The predicted molar refractivity (Wildman–Crippen MR) is 137 cm³/mol. The van der Waals surface area contributed by atoms with Crippen LogP contribution in [0.3, 0.4) is 0 Å². The second-order valence-electron chi connectivity index (χ2n) is 8.90. The third-order valence-electron chi connectivity index (χ3n) is 5.20. The lowest BCUT2D eigenvalue weighted by atomic mass is 10.0. The lowest BCUT2D eigenvalue weighted by Gasteiger charge is -2.18. The Hall–Kier alpha value is -3.00. The Morgan fingerprint density at radius 3 is 2.38 bits per heavy atom. The van der Waals surface area contributed by atoms with Gasteiger partial charge in [0.2, 0.25) is 5.91 Å². The summed E-state index contributed by atoms with van der Waals surface area (Å²) in [5.41, 5.74) is 2.03. The second-order valence-corrected chi connectivity index (χ2v) is 9.84. The van der Waals surface area contributed by atoms with Gasteiger partial charge in [0, 0.05) is 18.3 Å². The van der Waals surface area contributed by atoms with Crippen molar-refractivity contribution in [3.05, 3.63) is 59.9 Å². The molecule has 0 bridgehead atoms. The number of nitrogens with one attached hydrogen (secondary N) is 1. The van der Waals surface area contributed by atoms with Crippen molar-refractivity contribution < 1.29 is 14.3 Å². The highest BCUT2D eigenvalue weighted by Gasteiger charge is 2.21. The van der Waals surface area contributed by atoms with Gasteiger partial charge in [-0.2, -0.15) is 0 Å². The van der Waals surface area contributed by atoms with Crippen LogP contribution in [-0.2, 0) is 11.3 Å². The summed E-state index contributed by atoms with van der Waals surface area (Å²) in [7, 11) is 1.63. The molecule has 0 saturated heterocycles. The van der Waals surface area contributed by atoms with Gasteiger partial charge in [0.15, 0.2) is 17.1 Å². The normalized spacial score (nSPS) is 12.1. The van der Waals surface area contributed by atoms with Gasteiger partial charge in [0.25, 0.3) is 0 Å². The van der Waals surface area contributed by atoms with Gasteiger partial charge in [-0.3, -0.25) is 4.79 Å². The molecule has 1 N–H and O–H groups in total. The van der Waals surface area contributed by atoms with Crippen molar-refractivity contribution in [3.63, 3.8) is 0 Å². The van der Waals surface area contributed by atoms with Gasteiger partial charge < -0.3 is 19.4 Å². The molecule has 1 heterocycles. The summed E-state index contributed by atoms with van der Waals surface area (Å²) >= 11 is 1.38. The van der Waals surface area contributed by atoms with Crippen molar-refractivity contribution in [2.75, 3.05) is 18.2 Å². The number of anilines is 1. The monoisotopic (exact) mass is 482 g/mol. The van der Waals surface area contributed by atoms with E-state index in [9.17, 15) is 4.79 Å². The van der Waals surface area contributed by atoms with Crippen LogP contribution in [0.4, 0.5) is 5.69 Å². The first-order chi connectivity index (χ1) is 16.3. The van der Waals surface area contributed by atoms with Crippen LogP contribution in [0.1, 0.15) is 58.0 Å². The minimum atomic E-state index is -0.319. The number of hydrogen-bond acceptors (Lipinski definition) is 6. The van der Waals surface area contributed by atoms with Gasteiger partial charge in [-0.05, 0) is 48.6 Å². The van der Waals surface area contributed by atoms with Crippen LogP contribution in [0.15, 0.2) is 53.7 Å². The molecule has 8 heteroatoms. The number of thioether (sulfide) groups is 1. The molecule has 7 nitrogen and oxygen atoms in total. The van der Waals surface area contributed by atoms with Crippen LogP contribution in [0.2, 0.25) is 0 Å². The zero-order valence-electron chi connectivity index (χ0n) is 20.7. The fourth-order valence-electron chi connectivity index (χ4n) is 3.45. The SMILES string of the molecule is COc1cccc(OC(C)c2nnc(SCC(=O)Nc3ccc(C(C)C)cc3)n2CC(C)C)c1. The molecule has 182 valence electrons. The number of amides is 1. The summed E-state index contributed by atoms with van der Waals surface area (Å²) < 4.78 is 13.4. The quantitative estimate of drug-likeness (QED) is 0.341. The van der Waals surface area contributed by atoms with Crippen LogP contribution >= 0.6 is 11.8 Å². The molecule has 1 aromatic heterocycles. The van der Waals surface area contributed by atoms with Crippen molar-refractivity contribution in [1.29, 1.82) is 0 Å². The molecule has 1 atom stereocenters. The summed E-state index contributed by atoms with van der Waals surface area (Å²) in [5, 5.41) is 12.4. The summed E-state index contributed by atoms with van der Waals surface area (Å²) in [5.74, 6) is 3.15. The minimum Gasteiger partial charge on any atom is -0.497 e. The first-order valence-electron chi connectivity index (χ1n) is 11.5. The van der Waals surface area contributed by atoms with E-state index in [1.807, 2.05) is 60.0 Å². The van der Waals surface area contributed by atoms with E-state index in [0.29, 0.717) is 22.7 Å². The van der Waals surface area contributed by atoms with Gasteiger partial charge in [-0.1, -0.05) is 57.7 Å². The summed E-state index contributed by atoms with van der Waals surface area (Å²) in [6.45, 7) is 11.2. The van der Waals surface area contributed by atoms with Crippen molar-refractivity contribution in [1.82, 2.24) is 14.8 Å². The zero-order chi connectivity index (χ0) is 24.7. The van der Waals surface area contributed by atoms with Crippen LogP contribution in [0.5, 0.6) is 11.5 Å². The first kappa shape index (κ1) is 25.6. The predicted octanol–water partition coefficient (Wildman–Crippen LogP) is 5.94. The van der Waals surface area contributed by atoms with E-state index in [4.69, 9.17) is 9.47 Å². The fourth-order valence-corrected chi connectivity index (χ4v) is 4.21. The molecule has 0 saturated carbocycles. The highest BCUT2D eigenvalue weighted by atomic mass is 32.2. The van der Waals surface area contributed by atoms with Crippen molar-refractivity contribution >= 4 is 23.4 Å². The van der Waals surface area contributed by atoms with Gasteiger partial charge in [-0.15, -0.1) is 10.2 Å². The summed E-state index contributed by atoms with van der Waals surface area (Å²) in [6.07, 6.45) is -0.319. The maximum absolute atomic E-state index is 12.6. The number of ether oxygens (including phenoxy) is 2. The first-order valence-corrected chi connectivity index (χ1v) is 12.5. The Kier molecular flexibility index (Phi) is 8.98. The Bertz CT molecular complexity index is 1080. The van der Waals surface area contributed by atoms with Gasteiger partial charge in [-0.25, -0.2) is 0 Å². The number of benzene rings is 2. The van der Waals surface area contributed by atoms with Crippen LogP contribution < -0.4 is 14.8 Å². The molecule has 3 rings (SSSR count). The Morgan fingerprint density at radius 2 is 1.74 bits per heavy atom. The summed E-state index contributed by atoms with van der Waals surface area (Å²) in [6, 6.07) is 15.4. The maximum Gasteiger partial charge on any atom is 0.234 e. The van der Waals surface area contributed by atoms with Gasteiger partial charge in [0.05, 0.1) is 12.9 Å². The number of nitrogens with zero attached hydrogens (tertiary/aromatic N) is 3. The van der Waals surface area contributed by atoms with Crippen LogP contribution in [0.25, 0.3) is 0 Å². The standard InChI is InChI=1S/C26H34N4O3S/c1-17(2)15-30-25(19(5)33-23-9-7-8-22(14-23)32-6)28-29-26(30)34-16-24(31)27-21-12-10-20(11-13-21)18(3)4/h7-14,17-19H,15-16H2,1-6H3,(H,27,31). The second kappa shape index (κ2) is 11.9. The molecule has 3 aromatic rings. The maximum atomic E-state index is 12.6. The molecular weight excluding hydrogens is 448 g/mol. The highest BCUT2D eigenvalue weighted by Crippen LogP contribution is 2.27. The average Bonchev–Trinajstić information content (AvgIpc) is 3.20. The number of hydrogen-bond donors (Lipinski definition) is 1. The van der Waals surface area contributed by atoms with Crippen molar-refractivity contribution in [3.8, 4) is 11.5 Å². The molecule has 0 spiro atoms. The van der Waals surface area contributed by atoms with Crippen LogP contribution in [0, 0.1) is 5.92 Å². The molecule has 0 fully saturated rings. The molecule has 0 radical (unpaired) electrons. The molecule has 0 aliphatic heterocycles. The van der Waals surface area contributed by atoms with E-state index in [0.717, 1.165) is 23.8 Å². The zero-order valence-corrected chi connectivity index (χ0v) is 21.6. The lowest BCUT2D eigenvalue weighted by Crippen LogP contribution is -2.17. The van der Waals surface area contributed by atoms with Crippen LogP contribution in [-0.4, -0.2) is 33.5 Å². The Balaban J connectivity index is 1.67. The molecule has 1 unspecified atom stereocenters. The summed E-state index contributed by atoms with van der Waals surface area (Å²) in [4.78, 5) is 12.6. The Morgan fingerprint density at radius 1 is 1.03 bits per heavy atom. The Labute approximate surface area is 206 Å². The minimum absolute atomic E-state index is 0.0800. The topological polar surface area (TPSA) is 78.3 Å². The van der Waals surface area contributed by atoms with Gasteiger partial charge >= 0.3 is 0 Å². The van der Waals surface area contributed by atoms with E-state index in [2.05, 4.69) is 43.2 Å². The van der Waals surface area contributed by atoms with Crippen molar-refractivity contribution in [2.45, 2.75) is 58.3 Å². The third kappa shape index (κ3) is 7.00. The number of methoxy groups -OCH3 is 1.